The number of hydrogen-bond donors (Lipinski definition) is 3. The molecule has 0 bridgehead atoms. The number of carbonyl (C=O) groups is 2. The molecular weight excluding hydrogens is 374 g/mol. The van der Waals surface area contributed by atoms with Crippen LogP contribution in [0.4, 0.5) is 15.3 Å². The molecule has 1 aromatic carbocycles. The summed E-state index contributed by atoms with van der Waals surface area (Å²) in [5, 5.41) is 2.60. The molecule has 2 amide bonds. The van der Waals surface area contributed by atoms with Crippen LogP contribution < -0.4 is 14.8 Å². The molecular formula is C17H27N3O6S. The van der Waals surface area contributed by atoms with Gasteiger partial charge in [-0.05, 0) is 59.2 Å². The van der Waals surface area contributed by atoms with E-state index in [1.165, 1.54) is 12.1 Å². The third-order valence-corrected chi connectivity index (χ3v) is 3.60. The van der Waals surface area contributed by atoms with Crippen LogP contribution in [-0.2, 0) is 26.2 Å². The Labute approximate surface area is 160 Å². The number of amides is 2. The molecule has 0 unspecified atom stereocenters. The number of benzene rings is 1. The minimum absolute atomic E-state index is 0.220. The molecule has 1 rings (SSSR count). The van der Waals surface area contributed by atoms with Gasteiger partial charge in [0.15, 0.2) is 0 Å². The van der Waals surface area contributed by atoms with Crippen molar-refractivity contribution in [2.24, 2.45) is 0 Å². The van der Waals surface area contributed by atoms with Crippen LogP contribution in [0.5, 0.6) is 0 Å². The molecule has 0 saturated heterocycles. The van der Waals surface area contributed by atoms with Crippen molar-refractivity contribution in [2.45, 2.75) is 59.3 Å². The fourth-order valence-electron chi connectivity index (χ4n) is 1.77. The van der Waals surface area contributed by atoms with Crippen LogP contribution in [0.2, 0.25) is 0 Å². The van der Waals surface area contributed by atoms with Crippen LogP contribution in [0.3, 0.4) is 0 Å². The summed E-state index contributed by atoms with van der Waals surface area (Å²) in [6.45, 7) is 10.4. The van der Waals surface area contributed by atoms with Gasteiger partial charge in [-0.2, -0.15) is 8.42 Å². The quantitative estimate of drug-likeness (QED) is 0.697. The highest BCUT2D eigenvalue weighted by molar-refractivity contribution is 7.91. The van der Waals surface area contributed by atoms with Crippen molar-refractivity contribution >= 4 is 28.1 Å². The van der Waals surface area contributed by atoms with Crippen molar-refractivity contribution in [1.82, 2.24) is 10.0 Å². The highest BCUT2D eigenvalue weighted by atomic mass is 32.2. The molecule has 0 saturated carbocycles. The van der Waals surface area contributed by atoms with Crippen molar-refractivity contribution in [2.75, 3.05) is 4.72 Å². The van der Waals surface area contributed by atoms with E-state index in [1.54, 1.807) is 58.4 Å². The smallest absolute Gasteiger partial charge is 0.422 e. The fourth-order valence-corrected chi connectivity index (χ4v) is 2.53. The van der Waals surface area contributed by atoms with E-state index >= 15 is 0 Å². The minimum Gasteiger partial charge on any atom is -0.444 e. The first-order chi connectivity index (χ1) is 12.2. The van der Waals surface area contributed by atoms with Gasteiger partial charge in [-0.25, -0.2) is 14.3 Å². The zero-order valence-electron chi connectivity index (χ0n) is 16.4. The molecule has 0 aliphatic carbocycles. The lowest BCUT2D eigenvalue weighted by atomic mass is 10.2. The van der Waals surface area contributed by atoms with Crippen LogP contribution in [0.15, 0.2) is 24.3 Å². The predicted molar refractivity (Wildman–Crippen MR) is 101 cm³/mol. The standard InChI is InChI=1S/C17H27N3O6S/c1-16(2,3)25-14(21)18-11-12-7-9-13(10-8-12)19-27(23,24)20-15(22)26-17(4,5)6/h7-10,19H,11H2,1-6H3,(H,18,21)(H,20,22). The van der Waals surface area contributed by atoms with Crippen LogP contribution in [0.25, 0.3) is 0 Å². The number of alkyl carbamates (subject to hydrolysis) is 1. The second-order valence-corrected chi connectivity index (χ2v) is 9.18. The Bertz CT molecular complexity index is 761. The van der Waals surface area contributed by atoms with Crippen molar-refractivity contribution in [3.8, 4) is 0 Å². The van der Waals surface area contributed by atoms with Crippen LogP contribution in [-0.4, -0.2) is 31.8 Å². The number of rotatable bonds is 5. The summed E-state index contributed by atoms with van der Waals surface area (Å²) in [7, 11) is -4.13. The number of anilines is 1. The van der Waals surface area contributed by atoms with E-state index in [0.717, 1.165) is 5.56 Å². The van der Waals surface area contributed by atoms with Gasteiger partial charge in [0.05, 0.1) is 5.69 Å². The summed E-state index contributed by atoms with van der Waals surface area (Å²) >= 11 is 0. The van der Waals surface area contributed by atoms with Crippen LogP contribution in [0, 0.1) is 0 Å². The molecule has 0 radical (unpaired) electrons. The molecule has 10 heteroatoms. The first-order valence-electron chi connectivity index (χ1n) is 8.24. The largest absolute Gasteiger partial charge is 0.444 e. The second kappa shape index (κ2) is 8.47. The van der Waals surface area contributed by atoms with Gasteiger partial charge in [-0.15, -0.1) is 0 Å². The monoisotopic (exact) mass is 401 g/mol. The highest BCUT2D eigenvalue weighted by Gasteiger charge is 2.21. The summed E-state index contributed by atoms with van der Waals surface area (Å²) in [6, 6.07) is 6.26. The second-order valence-electron chi connectivity index (χ2n) is 7.76. The van der Waals surface area contributed by atoms with Gasteiger partial charge in [0.2, 0.25) is 0 Å². The van der Waals surface area contributed by atoms with E-state index in [9.17, 15) is 18.0 Å². The van der Waals surface area contributed by atoms with E-state index in [0.29, 0.717) is 0 Å². The number of ether oxygens (including phenoxy) is 2. The maximum absolute atomic E-state index is 11.9. The van der Waals surface area contributed by atoms with Crippen LogP contribution >= 0.6 is 0 Å². The fraction of sp³-hybridized carbons (Fsp3) is 0.529. The Balaban J connectivity index is 2.58. The molecule has 9 nitrogen and oxygen atoms in total. The zero-order chi connectivity index (χ0) is 20.9. The molecule has 27 heavy (non-hydrogen) atoms. The lowest BCUT2D eigenvalue weighted by Gasteiger charge is -2.20. The number of hydrogen-bond acceptors (Lipinski definition) is 6. The molecule has 152 valence electrons. The maximum Gasteiger partial charge on any atom is 0.422 e. The lowest BCUT2D eigenvalue weighted by molar-refractivity contribution is 0.0520. The van der Waals surface area contributed by atoms with E-state index in [4.69, 9.17) is 9.47 Å². The normalized spacial score (nSPS) is 12.1. The van der Waals surface area contributed by atoms with Gasteiger partial charge in [0, 0.05) is 6.54 Å². The summed E-state index contributed by atoms with van der Waals surface area (Å²) in [4.78, 5) is 23.2. The Morgan fingerprint density at radius 3 is 1.85 bits per heavy atom. The molecule has 0 atom stereocenters. The van der Waals surface area contributed by atoms with Gasteiger partial charge in [-0.3, -0.25) is 4.72 Å². The predicted octanol–water partition coefficient (Wildman–Crippen LogP) is 2.89. The summed E-state index contributed by atoms with van der Waals surface area (Å²) < 4.78 is 37.9. The third-order valence-electron chi connectivity index (χ3n) is 2.66. The molecule has 0 aliphatic rings. The number of carbonyl (C=O) groups excluding carboxylic acids is 2. The van der Waals surface area contributed by atoms with Gasteiger partial charge >= 0.3 is 22.4 Å². The zero-order valence-corrected chi connectivity index (χ0v) is 17.2. The highest BCUT2D eigenvalue weighted by Crippen LogP contribution is 2.12. The maximum atomic E-state index is 11.9. The van der Waals surface area contributed by atoms with Crippen molar-refractivity contribution < 1.29 is 27.5 Å². The Hall–Kier alpha value is -2.49. The average molecular weight is 401 g/mol. The average Bonchev–Trinajstić information content (AvgIpc) is 2.41. The Morgan fingerprint density at radius 2 is 1.37 bits per heavy atom. The topological polar surface area (TPSA) is 123 Å². The Kier molecular flexibility index (Phi) is 7.07. The van der Waals surface area contributed by atoms with Crippen molar-refractivity contribution in [3.63, 3.8) is 0 Å². The molecule has 0 spiro atoms. The van der Waals surface area contributed by atoms with Gasteiger partial charge in [0.25, 0.3) is 0 Å². The molecule has 0 heterocycles. The first-order valence-corrected chi connectivity index (χ1v) is 9.73. The van der Waals surface area contributed by atoms with Gasteiger partial charge in [-0.1, -0.05) is 12.1 Å². The molecule has 0 fully saturated rings. The summed E-state index contributed by atoms with van der Waals surface area (Å²) in [5.74, 6) is 0. The third kappa shape index (κ3) is 10.3. The molecule has 0 aromatic heterocycles. The van der Waals surface area contributed by atoms with Crippen LogP contribution in [0.1, 0.15) is 47.1 Å². The van der Waals surface area contributed by atoms with E-state index in [1.807, 2.05) is 0 Å². The van der Waals surface area contributed by atoms with Gasteiger partial charge in [0.1, 0.15) is 11.2 Å². The van der Waals surface area contributed by atoms with Crippen molar-refractivity contribution in [3.05, 3.63) is 29.8 Å². The van der Waals surface area contributed by atoms with Gasteiger partial charge < -0.3 is 14.8 Å². The molecule has 0 aliphatic heterocycles. The minimum atomic E-state index is -4.13. The van der Waals surface area contributed by atoms with E-state index in [2.05, 4.69) is 10.0 Å². The Morgan fingerprint density at radius 1 is 0.889 bits per heavy atom. The molecule has 1 aromatic rings. The van der Waals surface area contributed by atoms with E-state index < -0.39 is 33.6 Å². The summed E-state index contributed by atoms with van der Waals surface area (Å²) in [6.07, 6.45) is -1.62. The SMILES string of the molecule is CC(C)(C)OC(=O)NCc1ccc(NS(=O)(=O)NC(=O)OC(C)(C)C)cc1. The first kappa shape index (κ1) is 22.6. The summed E-state index contributed by atoms with van der Waals surface area (Å²) in [5.41, 5.74) is -0.425. The number of nitrogens with one attached hydrogen (secondary N) is 3. The van der Waals surface area contributed by atoms with Crippen molar-refractivity contribution in [1.29, 1.82) is 0 Å². The molecule has 3 N–H and O–H groups in total. The lowest BCUT2D eigenvalue weighted by Crippen LogP contribution is -2.39. The van der Waals surface area contributed by atoms with E-state index in [-0.39, 0.29) is 12.2 Å².